The number of carbonyl (C=O) groups excluding carboxylic acids is 1. The Hall–Kier alpha value is -2.56. The highest BCUT2D eigenvalue weighted by atomic mass is 16.5. The minimum atomic E-state index is -0.167. The molecule has 0 unspecified atom stereocenters. The van der Waals surface area contributed by atoms with Crippen LogP contribution in [-0.2, 0) is 7.05 Å². The Morgan fingerprint density at radius 2 is 2.15 bits per heavy atom. The Kier molecular flexibility index (Phi) is 4.20. The molecular weight excluding hydrogens is 254 g/mol. The maximum Gasteiger partial charge on any atom is 0.269 e. The van der Waals surface area contributed by atoms with Crippen LogP contribution in [0.2, 0.25) is 0 Å². The standard InChI is InChI=1S/C15H17N3O2/c1-4-9-16-15(19)14-10-13(17-18(14)2)11-5-7-12(20-3)8-6-11/h4-8,10H,1,9H2,2-3H3,(H,16,19). The van der Waals surface area contributed by atoms with Gasteiger partial charge >= 0.3 is 0 Å². The number of rotatable bonds is 5. The highest BCUT2D eigenvalue weighted by Crippen LogP contribution is 2.21. The van der Waals surface area contributed by atoms with Gasteiger partial charge in [0, 0.05) is 19.2 Å². The second kappa shape index (κ2) is 6.06. The van der Waals surface area contributed by atoms with E-state index in [1.165, 1.54) is 0 Å². The second-order valence-electron chi connectivity index (χ2n) is 4.27. The summed E-state index contributed by atoms with van der Waals surface area (Å²) >= 11 is 0. The smallest absolute Gasteiger partial charge is 0.269 e. The lowest BCUT2D eigenvalue weighted by Gasteiger charge is -2.00. The quantitative estimate of drug-likeness (QED) is 0.846. The average molecular weight is 271 g/mol. The fraction of sp³-hybridized carbons (Fsp3) is 0.200. The molecule has 0 aliphatic heterocycles. The average Bonchev–Trinajstić information content (AvgIpc) is 2.87. The van der Waals surface area contributed by atoms with E-state index in [2.05, 4.69) is 17.0 Å². The summed E-state index contributed by atoms with van der Waals surface area (Å²) in [6.07, 6.45) is 1.64. The zero-order chi connectivity index (χ0) is 14.5. The molecule has 5 heteroatoms. The number of hydrogen-bond donors (Lipinski definition) is 1. The Morgan fingerprint density at radius 1 is 1.45 bits per heavy atom. The molecule has 0 aliphatic rings. The summed E-state index contributed by atoms with van der Waals surface area (Å²) in [5.41, 5.74) is 2.20. The van der Waals surface area contributed by atoms with Gasteiger partial charge in [0.05, 0.1) is 12.8 Å². The number of aromatic nitrogens is 2. The summed E-state index contributed by atoms with van der Waals surface area (Å²) in [7, 11) is 3.37. The summed E-state index contributed by atoms with van der Waals surface area (Å²) in [5.74, 6) is 0.619. The lowest BCUT2D eigenvalue weighted by Crippen LogP contribution is -2.25. The predicted octanol–water partition coefficient (Wildman–Crippen LogP) is 2.01. The van der Waals surface area contributed by atoms with Crippen molar-refractivity contribution in [3.63, 3.8) is 0 Å². The van der Waals surface area contributed by atoms with Gasteiger partial charge in [-0.1, -0.05) is 6.08 Å². The molecule has 0 atom stereocenters. The molecule has 20 heavy (non-hydrogen) atoms. The van der Waals surface area contributed by atoms with Crippen LogP contribution in [0.25, 0.3) is 11.3 Å². The first kappa shape index (κ1) is 13.9. The zero-order valence-corrected chi connectivity index (χ0v) is 11.6. The fourth-order valence-electron chi connectivity index (χ4n) is 1.84. The van der Waals surface area contributed by atoms with Gasteiger partial charge in [-0.2, -0.15) is 5.10 Å². The molecule has 0 radical (unpaired) electrons. The van der Waals surface area contributed by atoms with Gasteiger partial charge in [-0.25, -0.2) is 0 Å². The van der Waals surface area contributed by atoms with Crippen molar-refractivity contribution in [2.24, 2.45) is 7.05 Å². The van der Waals surface area contributed by atoms with E-state index < -0.39 is 0 Å². The second-order valence-corrected chi connectivity index (χ2v) is 4.27. The van der Waals surface area contributed by atoms with Crippen LogP contribution in [-0.4, -0.2) is 29.3 Å². The molecule has 0 saturated heterocycles. The van der Waals surface area contributed by atoms with Crippen LogP contribution in [0.1, 0.15) is 10.5 Å². The minimum Gasteiger partial charge on any atom is -0.497 e. The van der Waals surface area contributed by atoms with Crippen LogP contribution in [0.4, 0.5) is 0 Å². The first-order valence-corrected chi connectivity index (χ1v) is 6.23. The van der Waals surface area contributed by atoms with Crippen molar-refractivity contribution in [2.75, 3.05) is 13.7 Å². The number of carbonyl (C=O) groups is 1. The number of benzene rings is 1. The van der Waals surface area contributed by atoms with Gasteiger partial charge in [0.1, 0.15) is 11.4 Å². The number of nitrogens with one attached hydrogen (secondary N) is 1. The van der Waals surface area contributed by atoms with E-state index in [-0.39, 0.29) is 5.91 Å². The molecule has 1 N–H and O–H groups in total. The van der Waals surface area contributed by atoms with Gasteiger partial charge in [-0.15, -0.1) is 6.58 Å². The van der Waals surface area contributed by atoms with Gasteiger partial charge in [0.2, 0.25) is 0 Å². The van der Waals surface area contributed by atoms with Crippen molar-refractivity contribution in [3.8, 4) is 17.0 Å². The Balaban J connectivity index is 2.25. The number of ether oxygens (including phenoxy) is 1. The van der Waals surface area contributed by atoms with Gasteiger partial charge in [0.25, 0.3) is 5.91 Å². The van der Waals surface area contributed by atoms with E-state index in [9.17, 15) is 4.79 Å². The Labute approximate surface area is 117 Å². The molecule has 2 aromatic rings. The monoisotopic (exact) mass is 271 g/mol. The molecule has 0 fully saturated rings. The Morgan fingerprint density at radius 3 is 2.75 bits per heavy atom. The molecule has 0 saturated carbocycles. The van der Waals surface area contributed by atoms with Gasteiger partial charge < -0.3 is 10.1 Å². The van der Waals surface area contributed by atoms with E-state index >= 15 is 0 Å². The largest absolute Gasteiger partial charge is 0.497 e. The lowest BCUT2D eigenvalue weighted by atomic mass is 10.1. The first-order valence-electron chi connectivity index (χ1n) is 6.23. The van der Waals surface area contributed by atoms with Crippen molar-refractivity contribution in [3.05, 3.63) is 48.7 Å². The van der Waals surface area contributed by atoms with Crippen LogP contribution >= 0.6 is 0 Å². The van der Waals surface area contributed by atoms with E-state index in [1.54, 1.807) is 31.0 Å². The third kappa shape index (κ3) is 2.88. The number of hydrogen-bond acceptors (Lipinski definition) is 3. The number of nitrogens with zero attached hydrogens (tertiary/aromatic N) is 2. The maximum absolute atomic E-state index is 11.9. The summed E-state index contributed by atoms with van der Waals surface area (Å²) in [6, 6.07) is 9.31. The Bertz CT molecular complexity index is 615. The van der Waals surface area contributed by atoms with Crippen LogP contribution in [0, 0.1) is 0 Å². The minimum absolute atomic E-state index is 0.167. The topological polar surface area (TPSA) is 56.1 Å². The molecule has 2 rings (SSSR count). The van der Waals surface area contributed by atoms with Crippen molar-refractivity contribution in [1.82, 2.24) is 15.1 Å². The van der Waals surface area contributed by atoms with Gasteiger partial charge in [-0.05, 0) is 30.3 Å². The van der Waals surface area contributed by atoms with Gasteiger partial charge in [-0.3, -0.25) is 9.48 Å². The van der Waals surface area contributed by atoms with E-state index in [0.717, 1.165) is 17.0 Å². The predicted molar refractivity (Wildman–Crippen MR) is 77.7 cm³/mol. The molecule has 1 aromatic heterocycles. The summed E-state index contributed by atoms with van der Waals surface area (Å²) < 4.78 is 6.68. The van der Waals surface area contributed by atoms with Crippen LogP contribution in [0.3, 0.4) is 0 Å². The first-order chi connectivity index (χ1) is 9.65. The number of aryl methyl sites for hydroxylation is 1. The summed E-state index contributed by atoms with van der Waals surface area (Å²) in [5, 5.41) is 7.09. The molecular formula is C15H17N3O2. The summed E-state index contributed by atoms with van der Waals surface area (Å²) in [6.45, 7) is 4.00. The van der Waals surface area contributed by atoms with E-state index in [0.29, 0.717) is 12.2 Å². The van der Waals surface area contributed by atoms with Crippen molar-refractivity contribution < 1.29 is 9.53 Å². The normalized spacial score (nSPS) is 10.1. The fourth-order valence-corrected chi connectivity index (χ4v) is 1.84. The van der Waals surface area contributed by atoms with E-state index in [1.807, 2.05) is 24.3 Å². The number of amides is 1. The lowest BCUT2D eigenvalue weighted by molar-refractivity contribution is 0.0948. The molecule has 1 aromatic carbocycles. The molecule has 1 amide bonds. The molecule has 104 valence electrons. The molecule has 0 spiro atoms. The zero-order valence-electron chi connectivity index (χ0n) is 11.6. The third-order valence-electron chi connectivity index (χ3n) is 2.91. The van der Waals surface area contributed by atoms with Crippen LogP contribution < -0.4 is 10.1 Å². The molecule has 5 nitrogen and oxygen atoms in total. The van der Waals surface area contributed by atoms with Crippen LogP contribution in [0.15, 0.2) is 43.0 Å². The maximum atomic E-state index is 11.9. The SMILES string of the molecule is C=CCNC(=O)c1cc(-c2ccc(OC)cc2)nn1C. The summed E-state index contributed by atoms with van der Waals surface area (Å²) in [4.78, 5) is 11.9. The number of methoxy groups -OCH3 is 1. The van der Waals surface area contributed by atoms with Crippen LogP contribution in [0.5, 0.6) is 5.75 Å². The van der Waals surface area contributed by atoms with Crippen molar-refractivity contribution in [2.45, 2.75) is 0 Å². The van der Waals surface area contributed by atoms with E-state index in [4.69, 9.17) is 4.74 Å². The highest BCUT2D eigenvalue weighted by Gasteiger charge is 2.13. The van der Waals surface area contributed by atoms with Gasteiger partial charge in [0.15, 0.2) is 0 Å². The van der Waals surface area contributed by atoms with Crippen molar-refractivity contribution >= 4 is 5.91 Å². The third-order valence-corrected chi connectivity index (χ3v) is 2.91. The molecule has 0 bridgehead atoms. The highest BCUT2D eigenvalue weighted by molar-refractivity contribution is 5.93. The molecule has 0 aliphatic carbocycles. The molecule has 1 heterocycles. The van der Waals surface area contributed by atoms with Crippen molar-refractivity contribution in [1.29, 1.82) is 0 Å².